The van der Waals surface area contributed by atoms with Crippen molar-refractivity contribution in [1.82, 2.24) is 15.2 Å². The summed E-state index contributed by atoms with van der Waals surface area (Å²) < 4.78 is 0. The number of H-pyrrole nitrogens is 1. The highest BCUT2D eigenvalue weighted by Crippen LogP contribution is 2.46. The second kappa shape index (κ2) is 7.24. The number of rotatable bonds is 3. The van der Waals surface area contributed by atoms with Gasteiger partial charge in [-0.05, 0) is 41.0 Å². The van der Waals surface area contributed by atoms with Crippen molar-refractivity contribution in [2.24, 2.45) is 0 Å². The van der Waals surface area contributed by atoms with Crippen LogP contribution < -0.4 is 5.32 Å². The van der Waals surface area contributed by atoms with Crippen LogP contribution in [0.15, 0.2) is 72.8 Å². The molecule has 2 unspecified atom stereocenters. The monoisotopic (exact) mass is 441 g/mol. The summed E-state index contributed by atoms with van der Waals surface area (Å²) in [5, 5.41) is 4.79. The number of carbonyl (C=O) groups excluding carboxylic acids is 2. The Morgan fingerprint density at radius 1 is 1.03 bits per heavy atom. The van der Waals surface area contributed by atoms with Crippen LogP contribution in [0.5, 0.6) is 0 Å². The second-order valence-electron chi connectivity index (χ2n) is 8.33. The van der Waals surface area contributed by atoms with Crippen LogP contribution in [0, 0.1) is 0 Å². The van der Waals surface area contributed by atoms with E-state index in [1.54, 1.807) is 17.0 Å². The van der Waals surface area contributed by atoms with Crippen molar-refractivity contribution in [3.8, 4) is 0 Å². The molecule has 3 heterocycles. The van der Waals surface area contributed by atoms with E-state index in [0.29, 0.717) is 23.6 Å². The molecule has 0 spiro atoms. The average molecular weight is 442 g/mol. The first-order valence-electron chi connectivity index (χ1n) is 10.6. The van der Waals surface area contributed by atoms with E-state index in [-0.39, 0.29) is 17.9 Å². The van der Waals surface area contributed by atoms with Gasteiger partial charge in [-0.3, -0.25) is 9.59 Å². The molecule has 158 valence electrons. The zero-order valence-electron chi connectivity index (χ0n) is 17.1. The van der Waals surface area contributed by atoms with E-state index < -0.39 is 6.04 Å². The van der Waals surface area contributed by atoms with Crippen LogP contribution in [0.2, 0.25) is 5.02 Å². The summed E-state index contributed by atoms with van der Waals surface area (Å²) in [4.78, 5) is 32.1. The minimum atomic E-state index is -0.584. The number of amides is 2. The van der Waals surface area contributed by atoms with Gasteiger partial charge in [0.1, 0.15) is 6.04 Å². The minimum absolute atomic E-state index is 0.0958. The molecule has 2 aliphatic heterocycles. The van der Waals surface area contributed by atoms with Crippen LogP contribution in [0.1, 0.15) is 38.8 Å². The third kappa shape index (κ3) is 2.85. The Bertz CT molecular complexity index is 1380. The smallest absolute Gasteiger partial charge is 0.255 e. The lowest BCUT2D eigenvalue weighted by atomic mass is 9.90. The summed E-state index contributed by atoms with van der Waals surface area (Å²) in [7, 11) is 0. The molecule has 2 amide bonds. The summed E-state index contributed by atoms with van der Waals surface area (Å²) in [6, 6.07) is 22.3. The summed E-state index contributed by atoms with van der Waals surface area (Å²) in [6.45, 7) is 0.382. The van der Waals surface area contributed by atoms with E-state index >= 15 is 0 Å². The van der Waals surface area contributed by atoms with Gasteiger partial charge in [-0.1, -0.05) is 60.1 Å². The van der Waals surface area contributed by atoms with Crippen LogP contribution in [0.4, 0.5) is 0 Å². The number of benzene rings is 3. The first-order valence-corrected chi connectivity index (χ1v) is 11.0. The first kappa shape index (κ1) is 19.1. The lowest BCUT2D eigenvalue weighted by molar-refractivity contribution is -0.126. The average Bonchev–Trinajstić information content (AvgIpc) is 3.34. The zero-order chi connectivity index (χ0) is 21.8. The third-order valence-corrected chi connectivity index (χ3v) is 6.79. The Morgan fingerprint density at radius 3 is 2.62 bits per heavy atom. The van der Waals surface area contributed by atoms with E-state index in [9.17, 15) is 9.59 Å². The van der Waals surface area contributed by atoms with Crippen LogP contribution in [-0.4, -0.2) is 27.7 Å². The highest BCUT2D eigenvalue weighted by atomic mass is 35.5. The van der Waals surface area contributed by atoms with Crippen LogP contribution in [0.25, 0.3) is 10.9 Å². The minimum Gasteiger partial charge on any atom is -0.356 e. The number of hydrogen-bond acceptors (Lipinski definition) is 2. The molecule has 3 aromatic carbocycles. The van der Waals surface area contributed by atoms with Gasteiger partial charge >= 0.3 is 0 Å². The Morgan fingerprint density at radius 2 is 1.78 bits per heavy atom. The van der Waals surface area contributed by atoms with Gasteiger partial charge < -0.3 is 15.2 Å². The molecular formula is C26H20ClN3O2. The predicted molar refractivity (Wildman–Crippen MR) is 124 cm³/mol. The Hall–Kier alpha value is -3.57. The molecule has 0 bridgehead atoms. The van der Waals surface area contributed by atoms with E-state index in [1.807, 2.05) is 54.6 Å². The Balaban J connectivity index is 1.41. The topological polar surface area (TPSA) is 65.2 Å². The fourth-order valence-corrected chi connectivity index (χ4v) is 5.17. The van der Waals surface area contributed by atoms with Crippen molar-refractivity contribution in [3.63, 3.8) is 0 Å². The largest absolute Gasteiger partial charge is 0.356 e. The van der Waals surface area contributed by atoms with Gasteiger partial charge in [-0.25, -0.2) is 0 Å². The first-order chi connectivity index (χ1) is 15.6. The molecule has 2 N–H and O–H groups in total. The summed E-state index contributed by atoms with van der Waals surface area (Å²) in [6.07, 6.45) is 0.474. The molecule has 1 aromatic heterocycles. The number of nitrogens with one attached hydrogen (secondary N) is 2. The van der Waals surface area contributed by atoms with Gasteiger partial charge in [0.2, 0.25) is 5.91 Å². The van der Waals surface area contributed by atoms with Crippen molar-refractivity contribution in [2.75, 3.05) is 0 Å². The summed E-state index contributed by atoms with van der Waals surface area (Å²) in [5.74, 6) is -0.247. The van der Waals surface area contributed by atoms with Crippen molar-refractivity contribution in [3.05, 3.63) is 106 Å². The number of carbonyl (C=O) groups is 2. The van der Waals surface area contributed by atoms with E-state index in [1.165, 1.54) is 0 Å². The standard InChI is InChI=1S/C26H20ClN3O2/c27-16-11-9-15(10-12-16)14-28-25(31)22-13-20-17-5-3-4-8-21(17)29-23(20)24-18-6-1-2-7-19(18)26(32)30(22)24/h1-12,22,24,29H,13-14H2,(H,28,31). The van der Waals surface area contributed by atoms with E-state index in [0.717, 1.165) is 33.3 Å². The SMILES string of the molecule is O=C(NCc1ccc(Cl)cc1)C1Cc2c([nH]c3ccccc23)C2c3ccccc3C(=O)N12. The maximum atomic E-state index is 13.4. The summed E-state index contributed by atoms with van der Waals surface area (Å²) >= 11 is 5.97. The molecule has 32 heavy (non-hydrogen) atoms. The maximum absolute atomic E-state index is 13.4. The van der Waals surface area contributed by atoms with E-state index in [4.69, 9.17) is 11.6 Å². The molecule has 4 aromatic rings. The van der Waals surface area contributed by atoms with Gasteiger partial charge in [0.25, 0.3) is 5.91 Å². The maximum Gasteiger partial charge on any atom is 0.255 e. The molecule has 0 saturated carbocycles. The van der Waals surface area contributed by atoms with Crippen LogP contribution >= 0.6 is 11.6 Å². The van der Waals surface area contributed by atoms with Gasteiger partial charge in [-0.2, -0.15) is 0 Å². The molecule has 6 rings (SSSR count). The number of aromatic amines is 1. The molecule has 2 aliphatic rings. The van der Waals surface area contributed by atoms with Crippen LogP contribution in [0.3, 0.4) is 0 Å². The Kier molecular flexibility index (Phi) is 4.33. The van der Waals surface area contributed by atoms with E-state index in [2.05, 4.69) is 16.4 Å². The molecule has 0 saturated heterocycles. The number of fused-ring (bicyclic) bond motifs is 7. The van der Waals surface area contributed by atoms with Crippen LogP contribution in [-0.2, 0) is 17.8 Å². The van der Waals surface area contributed by atoms with Crippen molar-refractivity contribution in [1.29, 1.82) is 0 Å². The lowest BCUT2D eigenvalue weighted by Crippen LogP contribution is -2.52. The second-order valence-corrected chi connectivity index (χ2v) is 8.77. The highest BCUT2D eigenvalue weighted by molar-refractivity contribution is 6.30. The highest BCUT2D eigenvalue weighted by Gasteiger charge is 2.48. The molecule has 5 nitrogen and oxygen atoms in total. The van der Waals surface area contributed by atoms with Gasteiger partial charge in [0.05, 0.1) is 6.04 Å². The fraction of sp³-hybridized carbons (Fsp3) is 0.154. The molecular weight excluding hydrogens is 422 g/mol. The van der Waals surface area contributed by atoms with Gasteiger partial charge in [-0.15, -0.1) is 0 Å². The molecule has 0 aliphatic carbocycles. The van der Waals surface area contributed by atoms with Gasteiger partial charge in [0.15, 0.2) is 0 Å². The number of hydrogen-bond donors (Lipinski definition) is 2. The normalized spacial score (nSPS) is 18.9. The number of nitrogens with zero attached hydrogens (tertiary/aromatic N) is 1. The zero-order valence-corrected chi connectivity index (χ0v) is 17.9. The molecule has 0 fully saturated rings. The molecule has 6 heteroatoms. The van der Waals surface area contributed by atoms with Crippen molar-refractivity contribution >= 4 is 34.3 Å². The predicted octanol–water partition coefficient (Wildman–Crippen LogP) is 4.61. The fourth-order valence-electron chi connectivity index (χ4n) is 5.05. The Labute approximate surface area is 190 Å². The molecule has 0 radical (unpaired) electrons. The number of para-hydroxylation sites is 1. The molecule has 2 atom stereocenters. The quantitative estimate of drug-likeness (QED) is 0.487. The summed E-state index contributed by atoms with van der Waals surface area (Å²) in [5.41, 5.74) is 5.71. The number of aromatic nitrogens is 1. The lowest BCUT2D eigenvalue weighted by Gasteiger charge is -2.37. The van der Waals surface area contributed by atoms with Gasteiger partial charge in [0, 0.05) is 40.1 Å². The third-order valence-electron chi connectivity index (χ3n) is 6.53. The van der Waals surface area contributed by atoms with Crippen molar-refractivity contribution < 1.29 is 9.59 Å². The number of halogens is 1. The van der Waals surface area contributed by atoms with Crippen molar-refractivity contribution in [2.45, 2.75) is 25.0 Å².